The Labute approximate surface area is 115 Å². The monoisotopic (exact) mass is 301 g/mol. The summed E-state index contributed by atoms with van der Waals surface area (Å²) < 4.78 is 0.823. The van der Waals surface area contributed by atoms with Crippen molar-refractivity contribution in [3.05, 3.63) is 64.1 Å². The van der Waals surface area contributed by atoms with E-state index in [2.05, 4.69) is 32.9 Å². The van der Waals surface area contributed by atoms with Crippen LogP contribution in [-0.2, 0) is 6.54 Å². The second-order valence-corrected chi connectivity index (χ2v) is 4.62. The molecule has 2 N–H and O–H groups in total. The van der Waals surface area contributed by atoms with E-state index in [4.69, 9.17) is 5.26 Å². The molecule has 0 unspecified atom stereocenters. The van der Waals surface area contributed by atoms with Crippen LogP contribution in [0, 0.1) is 11.3 Å². The van der Waals surface area contributed by atoms with Gasteiger partial charge in [0.15, 0.2) is 0 Å². The average molecular weight is 302 g/mol. The molecule has 0 aliphatic heterocycles. The highest BCUT2D eigenvalue weighted by atomic mass is 79.9. The lowest BCUT2D eigenvalue weighted by molar-refractivity contribution is 0.801. The van der Waals surface area contributed by atoms with Crippen LogP contribution in [0.25, 0.3) is 0 Å². The van der Waals surface area contributed by atoms with Crippen molar-refractivity contribution in [2.75, 3.05) is 5.43 Å². The maximum atomic E-state index is 8.83. The minimum atomic E-state index is 0.648. The molecule has 18 heavy (non-hydrogen) atoms. The molecule has 0 spiro atoms. The fourth-order valence-electron chi connectivity index (χ4n) is 1.53. The van der Waals surface area contributed by atoms with Crippen molar-refractivity contribution in [2.24, 2.45) is 0 Å². The zero-order valence-electron chi connectivity index (χ0n) is 9.65. The van der Waals surface area contributed by atoms with Crippen molar-refractivity contribution in [3.63, 3.8) is 0 Å². The molecule has 90 valence electrons. The van der Waals surface area contributed by atoms with Crippen LogP contribution in [-0.4, -0.2) is 0 Å². The topological polar surface area (TPSA) is 47.9 Å². The number of nitrogens with zero attached hydrogens (tertiary/aromatic N) is 1. The van der Waals surface area contributed by atoms with Gasteiger partial charge in [-0.25, -0.2) is 5.43 Å². The molecule has 0 aliphatic rings. The summed E-state index contributed by atoms with van der Waals surface area (Å²) in [6, 6.07) is 17.7. The van der Waals surface area contributed by atoms with E-state index in [1.807, 2.05) is 48.5 Å². The van der Waals surface area contributed by atoms with Crippen LogP contribution in [0.2, 0.25) is 0 Å². The summed E-state index contributed by atoms with van der Waals surface area (Å²) in [5.41, 5.74) is 9.01. The number of nitrogens with one attached hydrogen (secondary N) is 2. The van der Waals surface area contributed by atoms with Crippen molar-refractivity contribution in [3.8, 4) is 6.07 Å². The first kappa shape index (κ1) is 12.6. The van der Waals surface area contributed by atoms with E-state index in [-0.39, 0.29) is 0 Å². The SMILES string of the molecule is N#Cc1ccc(CNNc2ccccc2)cc1Br. The van der Waals surface area contributed by atoms with E-state index in [1.54, 1.807) is 0 Å². The number of hydrazine groups is 1. The van der Waals surface area contributed by atoms with Crippen LogP contribution < -0.4 is 10.9 Å². The molecule has 0 radical (unpaired) electrons. The highest BCUT2D eigenvalue weighted by Gasteiger charge is 2.00. The lowest BCUT2D eigenvalue weighted by Gasteiger charge is -2.08. The molecule has 0 bridgehead atoms. The second-order valence-electron chi connectivity index (χ2n) is 3.77. The average Bonchev–Trinajstić information content (AvgIpc) is 2.40. The van der Waals surface area contributed by atoms with Crippen LogP contribution in [0.4, 0.5) is 5.69 Å². The van der Waals surface area contributed by atoms with Crippen LogP contribution in [0.5, 0.6) is 0 Å². The summed E-state index contributed by atoms with van der Waals surface area (Å²) in [5.74, 6) is 0. The normalized spacial score (nSPS) is 9.78. The standard InChI is InChI=1S/C14H12BrN3/c15-14-8-11(6-7-12(14)9-16)10-17-18-13-4-2-1-3-5-13/h1-8,17-18H,10H2. The third kappa shape index (κ3) is 3.33. The van der Waals surface area contributed by atoms with Crippen molar-refractivity contribution >= 4 is 21.6 Å². The molecule has 0 saturated carbocycles. The van der Waals surface area contributed by atoms with Gasteiger partial charge in [-0.1, -0.05) is 24.3 Å². The van der Waals surface area contributed by atoms with Gasteiger partial charge in [-0.15, -0.1) is 0 Å². The first-order valence-electron chi connectivity index (χ1n) is 5.52. The van der Waals surface area contributed by atoms with Crippen LogP contribution in [0.1, 0.15) is 11.1 Å². The predicted molar refractivity (Wildman–Crippen MR) is 75.8 cm³/mol. The fraction of sp³-hybridized carbons (Fsp3) is 0.0714. The van der Waals surface area contributed by atoms with Crippen molar-refractivity contribution < 1.29 is 0 Å². The third-order valence-corrected chi connectivity index (χ3v) is 3.11. The minimum absolute atomic E-state index is 0.648. The number of hydrogen-bond acceptors (Lipinski definition) is 3. The summed E-state index contributed by atoms with van der Waals surface area (Å²) in [4.78, 5) is 0. The molecule has 4 heteroatoms. The third-order valence-electron chi connectivity index (χ3n) is 2.45. The lowest BCUT2D eigenvalue weighted by atomic mass is 10.1. The van der Waals surface area contributed by atoms with E-state index in [9.17, 15) is 0 Å². The van der Waals surface area contributed by atoms with Crippen LogP contribution >= 0.6 is 15.9 Å². The summed E-state index contributed by atoms with van der Waals surface area (Å²) in [5, 5.41) is 8.83. The molecule has 0 aliphatic carbocycles. The van der Waals surface area contributed by atoms with Gasteiger partial charge in [-0.05, 0) is 45.8 Å². The number of hydrogen-bond donors (Lipinski definition) is 2. The molecule has 0 saturated heterocycles. The Morgan fingerprint density at radius 1 is 1.11 bits per heavy atom. The minimum Gasteiger partial charge on any atom is -0.321 e. The zero-order valence-corrected chi connectivity index (χ0v) is 11.2. The van der Waals surface area contributed by atoms with Crippen molar-refractivity contribution in [1.29, 1.82) is 5.26 Å². The molecule has 0 heterocycles. The van der Waals surface area contributed by atoms with Gasteiger partial charge >= 0.3 is 0 Å². The second kappa shape index (κ2) is 6.20. The Kier molecular flexibility index (Phi) is 4.35. The smallest absolute Gasteiger partial charge is 0.100 e. The largest absolute Gasteiger partial charge is 0.321 e. The van der Waals surface area contributed by atoms with Crippen LogP contribution in [0.3, 0.4) is 0 Å². The van der Waals surface area contributed by atoms with E-state index in [1.165, 1.54) is 0 Å². The lowest BCUT2D eigenvalue weighted by Crippen LogP contribution is -2.20. The molecule has 0 fully saturated rings. The zero-order chi connectivity index (χ0) is 12.8. The predicted octanol–water partition coefficient (Wildman–Crippen LogP) is 3.44. The van der Waals surface area contributed by atoms with E-state index < -0.39 is 0 Å². The van der Waals surface area contributed by atoms with E-state index in [0.717, 1.165) is 15.7 Å². The number of benzene rings is 2. The number of anilines is 1. The fourth-order valence-corrected chi connectivity index (χ4v) is 2.04. The Morgan fingerprint density at radius 3 is 2.56 bits per heavy atom. The number of para-hydroxylation sites is 1. The van der Waals surface area contributed by atoms with Crippen molar-refractivity contribution in [2.45, 2.75) is 6.54 Å². The molecular weight excluding hydrogens is 290 g/mol. The Balaban J connectivity index is 1.91. The first-order chi connectivity index (χ1) is 8.79. The number of halogens is 1. The molecule has 2 rings (SSSR count). The molecule has 3 nitrogen and oxygen atoms in total. The van der Waals surface area contributed by atoms with Gasteiger partial charge in [0.25, 0.3) is 0 Å². The first-order valence-corrected chi connectivity index (χ1v) is 6.31. The Morgan fingerprint density at radius 2 is 1.89 bits per heavy atom. The number of nitriles is 1. The van der Waals surface area contributed by atoms with Crippen LogP contribution in [0.15, 0.2) is 53.0 Å². The van der Waals surface area contributed by atoms with Gasteiger partial charge in [0.05, 0.1) is 5.56 Å². The van der Waals surface area contributed by atoms with E-state index >= 15 is 0 Å². The summed E-state index contributed by atoms with van der Waals surface area (Å²) in [6.45, 7) is 0.680. The molecule has 0 aromatic heterocycles. The summed E-state index contributed by atoms with van der Waals surface area (Å²) in [7, 11) is 0. The van der Waals surface area contributed by atoms with Gasteiger partial charge in [0.1, 0.15) is 6.07 Å². The maximum Gasteiger partial charge on any atom is 0.100 e. The number of rotatable bonds is 4. The molecule has 0 atom stereocenters. The molecule has 0 amide bonds. The Hall–Kier alpha value is -1.83. The van der Waals surface area contributed by atoms with Crippen molar-refractivity contribution in [1.82, 2.24) is 5.43 Å². The Bertz CT molecular complexity index is 561. The molecule has 2 aromatic rings. The highest BCUT2D eigenvalue weighted by molar-refractivity contribution is 9.10. The summed E-state index contributed by atoms with van der Waals surface area (Å²) in [6.07, 6.45) is 0. The summed E-state index contributed by atoms with van der Waals surface area (Å²) >= 11 is 3.37. The van der Waals surface area contributed by atoms with Gasteiger partial charge in [0, 0.05) is 16.7 Å². The van der Waals surface area contributed by atoms with E-state index in [0.29, 0.717) is 12.1 Å². The maximum absolute atomic E-state index is 8.83. The highest BCUT2D eigenvalue weighted by Crippen LogP contribution is 2.17. The molecule has 2 aromatic carbocycles. The molecular formula is C14H12BrN3. The van der Waals surface area contributed by atoms with Gasteiger partial charge in [0.2, 0.25) is 0 Å². The quantitative estimate of drug-likeness (QED) is 0.851. The van der Waals surface area contributed by atoms with Gasteiger partial charge in [-0.2, -0.15) is 5.26 Å². The van der Waals surface area contributed by atoms with Gasteiger partial charge < -0.3 is 5.43 Å². The van der Waals surface area contributed by atoms with Gasteiger partial charge in [-0.3, -0.25) is 0 Å².